The summed E-state index contributed by atoms with van der Waals surface area (Å²) in [6, 6.07) is 3.34. The van der Waals surface area contributed by atoms with Crippen LogP contribution in [0.25, 0.3) is 0 Å². The van der Waals surface area contributed by atoms with Crippen molar-refractivity contribution in [2.45, 2.75) is 13.8 Å². The van der Waals surface area contributed by atoms with Crippen molar-refractivity contribution in [2.24, 2.45) is 5.92 Å². The molecule has 1 N–H and O–H groups in total. The second-order valence-corrected chi connectivity index (χ2v) is 5.04. The Morgan fingerprint density at radius 3 is 2.47 bits per heavy atom. The van der Waals surface area contributed by atoms with Gasteiger partial charge >= 0.3 is 0 Å². The zero-order chi connectivity index (χ0) is 11.6. The summed E-state index contributed by atoms with van der Waals surface area (Å²) in [7, 11) is 0. The van der Waals surface area contributed by atoms with Crippen molar-refractivity contribution < 1.29 is 4.79 Å². The number of benzene rings is 1. The van der Waals surface area contributed by atoms with E-state index in [-0.39, 0.29) is 11.8 Å². The molecule has 1 amide bonds. The van der Waals surface area contributed by atoms with Crippen LogP contribution in [0.3, 0.4) is 0 Å². The lowest BCUT2D eigenvalue weighted by atomic mass is 10.2. The molecule has 82 valence electrons. The molecule has 0 spiro atoms. The van der Waals surface area contributed by atoms with E-state index in [4.69, 9.17) is 23.2 Å². The molecule has 0 aliphatic carbocycles. The largest absolute Gasteiger partial charge is 0.326 e. The second kappa shape index (κ2) is 5.19. The predicted molar refractivity (Wildman–Crippen MR) is 67.6 cm³/mol. The monoisotopic (exact) mass is 309 g/mol. The van der Waals surface area contributed by atoms with Gasteiger partial charge in [-0.1, -0.05) is 37.0 Å². The summed E-state index contributed by atoms with van der Waals surface area (Å²) in [4.78, 5) is 11.4. The summed E-state index contributed by atoms with van der Waals surface area (Å²) in [6.45, 7) is 3.64. The Bertz CT molecular complexity index is 370. The Balaban J connectivity index is 2.93. The van der Waals surface area contributed by atoms with E-state index in [1.54, 1.807) is 12.1 Å². The number of anilines is 1. The van der Waals surface area contributed by atoms with E-state index in [0.29, 0.717) is 20.2 Å². The normalized spacial score (nSPS) is 10.5. The van der Waals surface area contributed by atoms with E-state index < -0.39 is 0 Å². The molecule has 0 bridgehead atoms. The lowest BCUT2D eigenvalue weighted by molar-refractivity contribution is -0.118. The van der Waals surface area contributed by atoms with Gasteiger partial charge in [0, 0.05) is 16.1 Å². The minimum atomic E-state index is -0.0711. The van der Waals surface area contributed by atoms with Crippen molar-refractivity contribution in [3.8, 4) is 0 Å². The van der Waals surface area contributed by atoms with E-state index in [1.807, 2.05) is 13.8 Å². The highest BCUT2D eigenvalue weighted by Crippen LogP contribution is 2.33. The second-order valence-electron chi connectivity index (χ2n) is 3.40. The molecular weight excluding hydrogens is 301 g/mol. The van der Waals surface area contributed by atoms with Crippen LogP contribution in [0, 0.1) is 5.92 Å². The van der Waals surface area contributed by atoms with Crippen LogP contribution >= 0.6 is 39.1 Å². The predicted octanol–water partition coefficient (Wildman–Crippen LogP) is 4.35. The van der Waals surface area contributed by atoms with Crippen molar-refractivity contribution in [1.82, 2.24) is 0 Å². The van der Waals surface area contributed by atoms with E-state index in [9.17, 15) is 4.79 Å². The third kappa shape index (κ3) is 3.37. The van der Waals surface area contributed by atoms with Crippen molar-refractivity contribution in [3.05, 3.63) is 26.7 Å². The third-order valence-electron chi connectivity index (χ3n) is 1.78. The molecular formula is C10H10BrCl2NO. The van der Waals surface area contributed by atoms with Crippen molar-refractivity contribution >= 4 is 50.7 Å². The van der Waals surface area contributed by atoms with Crippen LogP contribution in [0.1, 0.15) is 13.8 Å². The Labute approximate surface area is 107 Å². The van der Waals surface area contributed by atoms with Gasteiger partial charge in [0.25, 0.3) is 0 Å². The van der Waals surface area contributed by atoms with Gasteiger partial charge in [-0.15, -0.1) is 0 Å². The van der Waals surface area contributed by atoms with Gasteiger partial charge in [0.05, 0.1) is 10.0 Å². The Morgan fingerprint density at radius 2 is 2.00 bits per heavy atom. The minimum absolute atomic E-state index is 0.0553. The van der Waals surface area contributed by atoms with Gasteiger partial charge in [-0.25, -0.2) is 0 Å². The molecule has 2 nitrogen and oxygen atoms in total. The molecule has 0 atom stereocenters. The molecule has 15 heavy (non-hydrogen) atoms. The number of carbonyl (C=O) groups is 1. The molecule has 1 rings (SSSR count). The van der Waals surface area contributed by atoms with Crippen LogP contribution in [-0.4, -0.2) is 5.91 Å². The van der Waals surface area contributed by atoms with E-state index in [1.165, 1.54) is 0 Å². The average Bonchev–Trinajstić information content (AvgIpc) is 2.13. The quantitative estimate of drug-likeness (QED) is 0.808. The Kier molecular flexibility index (Phi) is 4.44. The first kappa shape index (κ1) is 12.8. The van der Waals surface area contributed by atoms with Gasteiger partial charge in [0.15, 0.2) is 0 Å². The van der Waals surface area contributed by atoms with Crippen LogP contribution in [0.5, 0.6) is 0 Å². The van der Waals surface area contributed by atoms with Crippen molar-refractivity contribution in [2.75, 3.05) is 5.32 Å². The molecule has 0 aliphatic heterocycles. The minimum Gasteiger partial charge on any atom is -0.326 e. The summed E-state index contributed by atoms with van der Waals surface area (Å²) < 4.78 is 0.663. The van der Waals surface area contributed by atoms with Crippen molar-refractivity contribution in [3.63, 3.8) is 0 Å². The molecule has 0 radical (unpaired) electrons. The maximum absolute atomic E-state index is 11.4. The molecule has 0 saturated heterocycles. The van der Waals surface area contributed by atoms with Gasteiger partial charge in [0.2, 0.25) is 5.91 Å². The van der Waals surface area contributed by atoms with Gasteiger partial charge in [-0.3, -0.25) is 4.79 Å². The molecule has 0 aromatic heterocycles. The first-order valence-electron chi connectivity index (χ1n) is 4.37. The highest BCUT2D eigenvalue weighted by atomic mass is 79.9. The summed E-state index contributed by atoms with van der Waals surface area (Å²) in [5.41, 5.74) is 0.634. The number of amides is 1. The topological polar surface area (TPSA) is 29.1 Å². The Hall–Kier alpha value is -0.250. The lowest BCUT2D eigenvalue weighted by Crippen LogP contribution is -2.17. The fraction of sp³-hybridized carbons (Fsp3) is 0.300. The first-order chi connectivity index (χ1) is 6.91. The smallest absolute Gasteiger partial charge is 0.226 e. The maximum atomic E-state index is 11.4. The standard InChI is InChI=1S/C10H10BrCl2NO/c1-5(2)10(15)14-6-3-7(11)9(13)8(12)4-6/h3-5H,1-2H3,(H,14,15). The molecule has 5 heteroatoms. The summed E-state index contributed by atoms with van der Waals surface area (Å²) in [6.07, 6.45) is 0. The van der Waals surface area contributed by atoms with Gasteiger partial charge < -0.3 is 5.32 Å². The fourth-order valence-corrected chi connectivity index (χ4v) is 1.82. The van der Waals surface area contributed by atoms with Crippen LogP contribution in [0.2, 0.25) is 10.0 Å². The van der Waals surface area contributed by atoms with Gasteiger partial charge in [0.1, 0.15) is 0 Å². The van der Waals surface area contributed by atoms with Gasteiger partial charge in [-0.2, -0.15) is 0 Å². The SMILES string of the molecule is CC(C)C(=O)Nc1cc(Cl)c(Cl)c(Br)c1. The van der Waals surface area contributed by atoms with Crippen LogP contribution in [0.15, 0.2) is 16.6 Å². The Morgan fingerprint density at radius 1 is 1.40 bits per heavy atom. The molecule has 1 aromatic carbocycles. The highest BCUT2D eigenvalue weighted by molar-refractivity contribution is 9.10. The molecule has 0 fully saturated rings. The fourth-order valence-electron chi connectivity index (χ4n) is 0.914. The van der Waals surface area contributed by atoms with E-state index >= 15 is 0 Å². The molecule has 0 unspecified atom stereocenters. The molecule has 1 aromatic rings. The van der Waals surface area contributed by atoms with E-state index in [2.05, 4.69) is 21.2 Å². The number of hydrogen-bond acceptors (Lipinski definition) is 1. The maximum Gasteiger partial charge on any atom is 0.226 e. The lowest BCUT2D eigenvalue weighted by Gasteiger charge is -2.09. The number of halogens is 3. The van der Waals surface area contributed by atoms with Crippen molar-refractivity contribution in [1.29, 1.82) is 0 Å². The number of rotatable bonds is 2. The zero-order valence-corrected chi connectivity index (χ0v) is 11.4. The van der Waals surface area contributed by atoms with Gasteiger partial charge in [-0.05, 0) is 28.1 Å². The number of hydrogen-bond donors (Lipinski definition) is 1. The summed E-state index contributed by atoms with van der Waals surface area (Å²) in [5.74, 6) is -0.126. The number of nitrogens with one attached hydrogen (secondary N) is 1. The first-order valence-corrected chi connectivity index (χ1v) is 5.92. The van der Waals surface area contributed by atoms with Crippen LogP contribution < -0.4 is 5.32 Å². The molecule has 0 saturated carbocycles. The zero-order valence-electron chi connectivity index (χ0n) is 8.27. The summed E-state index contributed by atoms with van der Waals surface area (Å²) in [5, 5.41) is 3.59. The highest BCUT2D eigenvalue weighted by Gasteiger charge is 2.10. The average molecular weight is 311 g/mol. The summed E-state index contributed by atoms with van der Waals surface area (Å²) >= 11 is 15.0. The molecule has 0 heterocycles. The number of carbonyl (C=O) groups excluding carboxylic acids is 1. The molecule has 0 aliphatic rings. The van der Waals surface area contributed by atoms with E-state index in [0.717, 1.165) is 0 Å². The third-order valence-corrected chi connectivity index (χ3v) is 3.43. The van der Waals surface area contributed by atoms with Crippen LogP contribution in [0.4, 0.5) is 5.69 Å². The van der Waals surface area contributed by atoms with Crippen LogP contribution in [-0.2, 0) is 4.79 Å².